The zero-order valence-electron chi connectivity index (χ0n) is 22.6. The van der Waals surface area contributed by atoms with Crippen molar-refractivity contribution in [2.45, 2.75) is 19.7 Å². The summed E-state index contributed by atoms with van der Waals surface area (Å²) in [6.45, 7) is 1.53. The van der Waals surface area contributed by atoms with Gasteiger partial charge in [-0.1, -0.05) is 12.1 Å². The lowest BCUT2D eigenvalue weighted by molar-refractivity contribution is -0.137. The largest absolute Gasteiger partial charge is 0.495 e. The summed E-state index contributed by atoms with van der Waals surface area (Å²) in [5, 5.41) is 1.56. The normalized spacial score (nSPS) is 14.3. The third-order valence-electron chi connectivity index (χ3n) is 5.90. The molecule has 0 aliphatic carbocycles. The summed E-state index contributed by atoms with van der Waals surface area (Å²) in [7, 11) is 1.22. The lowest BCUT2D eigenvalue weighted by Crippen LogP contribution is -2.36. The van der Waals surface area contributed by atoms with Crippen LogP contribution in [0, 0.1) is 9.39 Å². The number of methoxy groups -OCH3 is 1. The molecule has 0 spiro atoms. The Kier molecular flexibility index (Phi) is 10.2. The molecule has 43 heavy (non-hydrogen) atoms. The minimum atomic E-state index is -4.66. The standard InChI is InChI=1S/C29H23F4IN2O6S/c1-3-41-23-11-17(10-20(34)26(23)42-15-16-4-7-19(30)8-5-16)12-24-27(38)36(28(39)43-24)14-25(37)35-21-13-18(29(31,32)33)6-9-22(21)40-2/h4-13H,3,14-15H2,1-2H3,(H,35,37)/b24-12-. The summed E-state index contributed by atoms with van der Waals surface area (Å²) in [5.41, 5.74) is -0.00574. The van der Waals surface area contributed by atoms with Crippen LogP contribution in [0.2, 0.25) is 0 Å². The van der Waals surface area contributed by atoms with Gasteiger partial charge in [-0.25, -0.2) is 4.39 Å². The molecule has 0 atom stereocenters. The first-order chi connectivity index (χ1) is 20.4. The third-order valence-corrected chi connectivity index (χ3v) is 7.61. The molecule has 1 fully saturated rings. The molecule has 3 amide bonds. The topological polar surface area (TPSA) is 94.2 Å². The number of benzene rings is 3. The molecule has 1 aliphatic rings. The van der Waals surface area contributed by atoms with Crippen molar-refractivity contribution < 1.29 is 46.2 Å². The Morgan fingerprint density at radius 1 is 1.05 bits per heavy atom. The number of thioether (sulfide) groups is 1. The maximum Gasteiger partial charge on any atom is 0.416 e. The lowest BCUT2D eigenvalue weighted by atomic mass is 10.1. The first-order valence-electron chi connectivity index (χ1n) is 12.5. The van der Waals surface area contributed by atoms with Crippen molar-refractivity contribution in [3.63, 3.8) is 0 Å². The van der Waals surface area contributed by atoms with Crippen molar-refractivity contribution in [1.29, 1.82) is 0 Å². The van der Waals surface area contributed by atoms with Crippen LogP contribution in [-0.2, 0) is 22.4 Å². The second-order valence-corrected chi connectivity index (χ2v) is 11.1. The fourth-order valence-electron chi connectivity index (χ4n) is 3.91. The molecule has 1 N–H and O–H groups in total. The summed E-state index contributed by atoms with van der Waals surface area (Å²) in [6.07, 6.45) is -3.19. The van der Waals surface area contributed by atoms with Gasteiger partial charge in [0.1, 0.15) is 24.7 Å². The van der Waals surface area contributed by atoms with Crippen LogP contribution in [0.4, 0.5) is 28.0 Å². The van der Waals surface area contributed by atoms with Crippen LogP contribution in [-0.4, -0.2) is 42.2 Å². The molecule has 0 aromatic heterocycles. The third kappa shape index (κ3) is 7.98. The van der Waals surface area contributed by atoms with E-state index in [1.165, 1.54) is 25.3 Å². The Morgan fingerprint density at radius 3 is 2.42 bits per heavy atom. The Bertz CT molecular complexity index is 1580. The highest BCUT2D eigenvalue weighted by Gasteiger charge is 2.37. The second kappa shape index (κ2) is 13.7. The van der Waals surface area contributed by atoms with E-state index >= 15 is 0 Å². The summed E-state index contributed by atoms with van der Waals surface area (Å²) in [5.74, 6) is -1.20. The van der Waals surface area contributed by atoms with Gasteiger partial charge in [-0.15, -0.1) is 0 Å². The zero-order valence-corrected chi connectivity index (χ0v) is 25.6. The van der Waals surface area contributed by atoms with Crippen molar-refractivity contribution in [2.75, 3.05) is 25.6 Å². The van der Waals surface area contributed by atoms with Gasteiger partial charge in [0, 0.05) is 0 Å². The van der Waals surface area contributed by atoms with E-state index in [9.17, 15) is 31.9 Å². The molecule has 1 heterocycles. The summed E-state index contributed by atoms with van der Waals surface area (Å²) < 4.78 is 70.0. The van der Waals surface area contributed by atoms with E-state index in [1.807, 2.05) is 22.6 Å². The first-order valence-corrected chi connectivity index (χ1v) is 14.4. The van der Waals surface area contributed by atoms with Gasteiger partial charge in [0.05, 0.1) is 33.4 Å². The second-order valence-electron chi connectivity index (χ2n) is 8.91. The van der Waals surface area contributed by atoms with Gasteiger partial charge >= 0.3 is 6.18 Å². The van der Waals surface area contributed by atoms with Crippen molar-refractivity contribution in [3.8, 4) is 17.2 Å². The minimum absolute atomic E-state index is 0.0276. The lowest BCUT2D eigenvalue weighted by Gasteiger charge is -2.16. The highest BCUT2D eigenvalue weighted by atomic mass is 127. The Morgan fingerprint density at radius 2 is 1.77 bits per heavy atom. The Labute approximate surface area is 261 Å². The van der Waals surface area contributed by atoms with Crippen LogP contribution in [0.3, 0.4) is 0 Å². The number of imide groups is 1. The van der Waals surface area contributed by atoms with Crippen LogP contribution >= 0.6 is 34.4 Å². The highest BCUT2D eigenvalue weighted by Crippen LogP contribution is 2.38. The van der Waals surface area contributed by atoms with E-state index in [0.717, 1.165) is 17.7 Å². The number of carbonyl (C=O) groups is 3. The number of carbonyl (C=O) groups excluding carboxylic acids is 3. The molecule has 1 saturated heterocycles. The molecule has 0 radical (unpaired) electrons. The predicted molar refractivity (Wildman–Crippen MR) is 160 cm³/mol. The van der Waals surface area contributed by atoms with E-state index in [0.29, 0.717) is 50.0 Å². The van der Waals surface area contributed by atoms with Crippen LogP contribution in [0.1, 0.15) is 23.6 Å². The van der Waals surface area contributed by atoms with Gasteiger partial charge < -0.3 is 19.5 Å². The Balaban J connectivity index is 1.49. The van der Waals surface area contributed by atoms with E-state index in [-0.39, 0.29) is 28.8 Å². The molecule has 1 aliphatic heterocycles. The van der Waals surface area contributed by atoms with Gasteiger partial charge in [0.15, 0.2) is 11.5 Å². The molecule has 0 bridgehead atoms. The quantitative estimate of drug-likeness (QED) is 0.135. The number of amides is 3. The number of anilines is 1. The average Bonchev–Trinajstić information content (AvgIpc) is 3.20. The number of nitrogens with zero attached hydrogens (tertiary/aromatic N) is 1. The molecule has 3 aromatic rings. The maximum atomic E-state index is 13.2. The van der Waals surface area contributed by atoms with Gasteiger partial charge in [0.25, 0.3) is 11.1 Å². The Hall–Kier alpha value is -3.79. The number of ether oxygens (including phenoxy) is 3. The number of rotatable bonds is 10. The van der Waals surface area contributed by atoms with Gasteiger partial charge in [-0.05, 0) is 101 Å². The highest BCUT2D eigenvalue weighted by molar-refractivity contribution is 14.1. The number of alkyl halides is 3. The average molecular weight is 730 g/mol. The minimum Gasteiger partial charge on any atom is -0.495 e. The smallest absolute Gasteiger partial charge is 0.416 e. The van der Waals surface area contributed by atoms with Gasteiger partial charge in [0.2, 0.25) is 5.91 Å². The van der Waals surface area contributed by atoms with Crippen molar-refractivity contribution in [3.05, 3.63) is 85.6 Å². The number of hydrogen-bond acceptors (Lipinski definition) is 7. The molecule has 0 saturated carbocycles. The predicted octanol–water partition coefficient (Wildman–Crippen LogP) is 7.11. The molecule has 3 aromatic carbocycles. The fraction of sp³-hybridized carbons (Fsp3) is 0.207. The van der Waals surface area contributed by atoms with Gasteiger partial charge in [-0.2, -0.15) is 13.2 Å². The summed E-state index contributed by atoms with van der Waals surface area (Å²) >= 11 is 2.66. The van der Waals surface area contributed by atoms with E-state index in [4.69, 9.17) is 14.2 Å². The molecule has 8 nitrogen and oxygen atoms in total. The van der Waals surface area contributed by atoms with E-state index in [2.05, 4.69) is 5.32 Å². The van der Waals surface area contributed by atoms with Crippen molar-refractivity contribution >= 4 is 63.2 Å². The molecular formula is C29H23F4IN2O6S. The van der Waals surface area contributed by atoms with Crippen molar-refractivity contribution in [1.82, 2.24) is 4.90 Å². The fourth-order valence-corrected chi connectivity index (χ4v) is 5.53. The molecule has 0 unspecified atom stereocenters. The summed E-state index contributed by atoms with van der Waals surface area (Å²) in [6, 6.07) is 11.8. The monoisotopic (exact) mass is 730 g/mol. The zero-order chi connectivity index (χ0) is 31.3. The molecular weight excluding hydrogens is 707 g/mol. The van der Waals surface area contributed by atoms with E-state index in [1.54, 1.807) is 31.2 Å². The SMILES string of the molecule is CCOc1cc(/C=C2\SC(=O)N(CC(=O)Nc3cc(C(F)(F)F)ccc3OC)C2=O)cc(I)c1OCc1ccc(F)cc1. The molecule has 226 valence electrons. The van der Waals surface area contributed by atoms with Gasteiger partial charge in [-0.3, -0.25) is 19.3 Å². The maximum absolute atomic E-state index is 13.2. The van der Waals surface area contributed by atoms with Crippen molar-refractivity contribution in [2.24, 2.45) is 0 Å². The molecule has 4 rings (SSSR count). The van der Waals surface area contributed by atoms with Crippen LogP contribution in [0.15, 0.2) is 59.5 Å². The summed E-state index contributed by atoms with van der Waals surface area (Å²) in [4.78, 5) is 39.0. The number of nitrogens with one attached hydrogen (secondary N) is 1. The van der Waals surface area contributed by atoms with Crippen LogP contribution in [0.25, 0.3) is 6.08 Å². The number of halogens is 5. The van der Waals surface area contributed by atoms with Crippen LogP contribution < -0.4 is 19.5 Å². The van der Waals surface area contributed by atoms with Crippen LogP contribution in [0.5, 0.6) is 17.2 Å². The molecule has 14 heteroatoms. The first kappa shape index (κ1) is 32.1. The van der Waals surface area contributed by atoms with E-state index < -0.39 is 35.3 Å². The number of hydrogen-bond donors (Lipinski definition) is 1.